The summed E-state index contributed by atoms with van der Waals surface area (Å²) in [7, 11) is 0. The third-order valence-electron chi connectivity index (χ3n) is 8.12. The fourth-order valence-corrected chi connectivity index (χ4v) is 6.97. The number of hydrogen-bond acceptors (Lipinski definition) is 1. The zero-order valence-electron chi connectivity index (χ0n) is 15.0. The Kier molecular flexibility index (Phi) is 3.53. The molecule has 0 radical (unpaired) electrons. The first-order chi connectivity index (χ1) is 11.0. The number of hydrogen-bond donors (Lipinski definition) is 0. The summed E-state index contributed by atoms with van der Waals surface area (Å²) in [6.07, 6.45) is 11.7. The van der Waals surface area contributed by atoms with Gasteiger partial charge in [0, 0.05) is 12.3 Å². The van der Waals surface area contributed by atoms with Crippen LogP contribution in [0.25, 0.3) is 0 Å². The largest absolute Gasteiger partial charge is 0.295 e. The minimum Gasteiger partial charge on any atom is -0.295 e. The molecule has 0 amide bonds. The predicted molar refractivity (Wildman–Crippen MR) is 93.7 cm³/mol. The van der Waals surface area contributed by atoms with Crippen LogP contribution in [0.5, 0.6) is 0 Å². The Balaban J connectivity index is 1.71. The number of carbonyl (C=O) groups is 1. The number of rotatable bonds is 0. The van der Waals surface area contributed by atoms with Crippen LogP contribution in [0.1, 0.15) is 72.1 Å². The summed E-state index contributed by atoms with van der Waals surface area (Å²) >= 11 is 0. The molecule has 4 rings (SSSR count). The van der Waals surface area contributed by atoms with Gasteiger partial charge in [-0.15, -0.1) is 5.92 Å². The van der Waals surface area contributed by atoms with Crippen LogP contribution in [0, 0.1) is 46.3 Å². The number of fused-ring (bicyclic) bond motifs is 5. The van der Waals surface area contributed by atoms with Crippen molar-refractivity contribution in [3.8, 4) is 11.8 Å². The molecule has 0 aromatic rings. The molecule has 0 heterocycles. The predicted octanol–water partition coefficient (Wildman–Crippen LogP) is 5.16. The minimum atomic E-state index is 0.297. The van der Waals surface area contributed by atoms with Gasteiger partial charge in [-0.3, -0.25) is 4.79 Å². The average molecular weight is 310 g/mol. The van der Waals surface area contributed by atoms with Crippen molar-refractivity contribution in [1.29, 1.82) is 0 Å². The van der Waals surface area contributed by atoms with Gasteiger partial charge in [0.15, 0.2) is 5.78 Å². The second kappa shape index (κ2) is 5.23. The lowest BCUT2D eigenvalue weighted by molar-refractivity contribution is -0.117. The summed E-state index contributed by atoms with van der Waals surface area (Å²) in [5.41, 5.74) is 2.30. The smallest absolute Gasteiger partial charge is 0.155 e. The highest BCUT2D eigenvalue weighted by Crippen LogP contribution is 2.66. The fraction of sp³-hybridized carbons (Fsp3) is 0.773. The molecule has 124 valence electrons. The molecule has 0 saturated heterocycles. The zero-order valence-corrected chi connectivity index (χ0v) is 15.0. The maximum Gasteiger partial charge on any atom is 0.155 e. The summed E-state index contributed by atoms with van der Waals surface area (Å²) in [5, 5.41) is 0. The molecule has 0 bridgehead atoms. The van der Waals surface area contributed by atoms with Crippen molar-refractivity contribution < 1.29 is 4.79 Å². The second-order valence-corrected chi connectivity index (χ2v) is 9.12. The lowest BCUT2D eigenvalue weighted by atomic mass is 9.47. The van der Waals surface area contributed by atoms with Gasteiger partial charge in [-0.25, -0.2) is 0 Å². The van der Waals surface area contributed by atoms with E-state index in [-0.39, 0.29) is 0 Å². The van der Waals surface area contributed by atoms with Gasteiger partial charge in [-0.1, -0.05) is 25.3 Å². The highest BCUT2D eigenvalue weighted by molar-refractivity contribution is 5.91. The van der Waals surface area contributed by atoms with Crippen molar-refractivity contribution >= 4 is 5.78 Å². The van der Waals surface area contributed by atoms with E-state index in [9.17, 15) is 4.79 Å². The topological polar surface area (TPSA) is 17.1 Å². The average Bonchev–Trinajstić information content (AvgIpc) is 2.85. The van der Waals surface area contributed by atoms with Gasteiger partial charge in [-0.05, 0) is 86.5 Å². The van der Waals surface area contributed by atoms with Gasteiger partial charge in [0.05, 0.1) is 0 Å². The summed E-state index contributed by atoms with van der Waals surface area (Å²) in [6, 6.07) is 0. The van der Waals surface area contributed by atoms with E-state index in [1.807, 2.05) is 13.0 Å². The van der Waals surface area contributed by atoms with E-state index in [0.717, 1.165) is 37.0 Å². The molecule has 3 saturated carbocycles. The monoisotopic (exact) mass is 310 g/mol. The first kappa shape index (κ1) is 15.5. The summed E-state index contributed by atoms with van der Waals surface area (Å²) < 4.78 is 0. The maximum atomic E-state index is 11.9. The fourth-order valence-electron chi connectivity index (χ4n) is 6.97. The summed E-state index contributed by atoms with van der Waals surface area (Å²) in [4.78, 5) is 11.9. The SMILES string of the molecule is CC#CC1CC[C@@]2(C)CC[C@H]3[C@@H](CCC4=CC(=O)CC[C@@]43C)[C@H]12. The summed E-state index contributed by atoms with van der Waals surface area (Å²) in [5.74, 6) is 10.2. The second-order valence-electron chi connectivity index (χ2n) is 9.12. The maximum absolute atomic E-state index is 11.9. The molecule has 1 unspecified atom stereocenters. The van der Waals surface area contributed by atoms with Gasteiger partial charge in [0.1, 0.15) is 0 Å². The molecule has 0 N–H and O–H groups in total. The van der Waals surface area contributed by atoms with E-state index in [1.165, 1.54) is 37.7 Å². The van der Waals surface area contributed by atoms with E-state index >= 15 is 0 Å². The van der Waals surface area contributed by atoms with Crippen LogP contribution in [0.15, 0.2) is 11.6 Å². The first-order valence-corrected chi connectivity index (χ1v) is 9.64. The van der Waals surface area contributed by atoms with Crippen LogP contribution >= 0.6 is 0 Å². The van der Waals surface area contributed by atoms with E-state index in [4.69, 9.17) is 0 Å². The van der Waals surface area contributed by atoms with Crippen molar-refractivity contribution in [2.24, 2.45) is 34.5 Å². The highest BCUT2D eigenvalue weighted by Gasteiger charge is 2.58. The Bertz CT molecular complexity index is 618. The molecule has 6 atom stereocenters. The Morgan fingerprint density at radius 3 is 2.65 bits per heavy atom. The molecule has 3 fully saturated rings. The van der Waals surface area contributed by atoms with Gasteiger partial charge in [0.2, 0.25) is 0 Å². The van der Waals surface area contributed by atoms with E-state index in [1.54, 1.807) is 0 Å². The van der Waals surface area contributed by atoms with Gasteiger partial charge in [-0.2, -0.15) is 0 Å². The third-order valence-corrected chi connectivity index (χ3v) is 8.12. The van der Waals surface area contributed by atoms with Crippen molar-refractivity contribution in [2.75, 3.05) is 0 Å². The number of allylic oxidation sites excluding steroid dienone is 1. The lowest BCUT2D eigenvalue weighted by Gasteiger charge is -2.57. The van der Waals surface area contributed by atoms with Crippen LogP contribution < -0.4 is 0 Å². The van der Waals surface area contributed by atoms with Gasteiger partial charge < -0.3 is 0 Å². The highest BCUT2D eigenvalue weighted by atomic mass is 16.1. The minimum absolute atomic E-state index is 0.297. The van der Waals surface area contributed by atoms with E-state index < -0.39 is 0 Å². The number of ketones is 1. The van der Waals surface area contributed by atoms with Gasteiger partial charge in [0.25, 0.3) is 0 Å². The Morgan fingerprint density at radius 1 is 1.09 bits per heavy atom. The van der Waals surface area contributed by atoms with E-state index in [0.29, 0.717) is 22.5 Å². The number of carbonyl (C=O) groups excluding carboxylic acids is 1. The van der Waals surface area contributed by atoms with Crippen LogP contribution in [-0.4, -0.2) is 5.78 Å². The third kappa shape index (κ3) is 2.17. The standard InChI is InChI=1S/C22H30O/c1-4-5-15-8-11-21(2)12-10-19-18(20(15)21)7-6-16-14-17(23)9-13-22(16,19)3/h14-15,18-20H,6-13H2,1-3H3/t15?,18-,19+,20+,21+,22+/m1/s1. The molecular weight excluding hydrogens is 280 g/mol. The molecule has 0 aromatic heterocycles. The first-order valence-electron chi connectivity index (χ1n) is 9.64. The molecular formula is C22H30O. The van der Waals surface area contributed by atoms with E-state index in [2.05, 4.69) is 25.7 Å². The Labute approximate surface area is 141 Å². The van der Waals surface area contributed by atoms with Gasteiger partial charge >= 0.3 is 0 Å². The molecule has 4 aliphatic carbocycles. The molecule has 1 nitrogen and oxygen atoms in total. The molecule has 4 aliphatic rings. The van der Waals surface area contributed by atoms with Crippen LogP contribution in [0.2, 0.25) is 0 Å². The molecule has 1 heteroatoms. The zero-order chi connectivity index (χ0) is 16.2. The molecule has 0 aliphatic heterocycles. The lowest BCUT2D eigenvalue weighted by Crippen LogP contribution is -2.50. The van der Waals surface area contributed by atoms with Crippen molar-refractivity contribution in [2.45, 2.75) is 72.1 Å². The molecule has 0 aromatic carbocycles. The Hall–Kier alpha value is -1.03. The normalized spacial score (nSPS) is 48.5. The molecule has 0 spiro atoms. The van der Waals surface area contributed by atoms with Crippen molar-refractivity contribution in [3.05, 3.63) is 11.6 Å². The Morgan fingerprint density at radius 2 is 1.87 bits per heavy atom. The van der Waals surface area contributed by atoms with Crippen LogP contribution in [-0.2, 0) is 4.79 Å². The summed E-state index contributed by atoms with van der Waals surface area (Å²) in [6.45, 7) is 7.02. The van der Waals surface area contributed by atoms with Crippen LogP contribution in [0.4, 0.5) is 0 Å². The van der Waals surface area contributed by atoms with Crippen molar-refractivity contribution in [1.82, 2.24) is 0 Å². The van der Waals surface area contributed by atoms with Crippen LogP contribution in [0.3, 0.4) is 0 Å². The molecule has 23 heavy (non-hydrogen) atoms. The quantitative estimate of drug-likeness (QED) is 0.565. The van der Waals surface area contributed by atoms with Crippen molar-refractivity contribution in [3.63, 3.8) is 0 Å².